The SMILES string of the molecule is C=CC(=O)N[C@H]1Cn2c(c(-c3ccc(C(=O)NC4C=CC=CN4)cc3)c3c(N)ncnc32)C1=C. The number of dihydropyridines is 1. The Labute approximate surface area is 195 Å². The van der Waals surface area contributed by atoms with Gasteiger partial charge in [0.1, 0.15) is 24.0 Å². The van der Waals surface area contributed by atoms with Crippen LogP contribution in [0.1, 0.15) is 16.1 Å². The molecule has 9 heteroatoms. The molecule has 0 radical (unpaired) electrons. The number of aromatic nitrogens is 3. The monoisotopic (exact) mass is 453 g/mol. The average Bonchev–Trinajstić information content (AvgIpc) is 3.35. The van der Waals surface area contributed by atoms with Crippen LogP contribution in [0.25, 0.3) is 27.7 Å². The van der Waals surface area contributed by atoms with Crippen molar-refractivity contribution in [2.75, 3.05) is 5.73 Å². The predicted octanol–water partition coefficient (Wildman–Crippen LogP) is 2.11. The number of nitrogens with one attached hydrogen (secondary N) is 3. The zero-order valence-electron chi connectivity index (χ0n) is 18.3. The van der Waals surface area contributed by atoms with Gasteiger partial charge in [-0.05, 0) is 47.7 Å². The molecule has 9 nitrogen and oxygen atoms in total. The summed E-state index contributed by atoms with van der Waals surface area (Å²) in [5, 5.41) is 9.60. The van der Waals surface area contributed by atoms with Gasteiger partial charge >= 0.3 is 0 Å². The number of hydrogen-bond acceptors (Lipinski definition) is 6. The molecule has 4 heterocycles. The lowest BCUT2D eigenvalue weighted by atomic mass is 9.97. The molecule has 2 aromatic heterocycles. The predicted molar refractivity (Wildman–Crippen MR) is 131 cm³/mol. The van der Waals surface area contributed by atoms with Gasteiger partial charge in [0.15, 0.2) is 0 Å². The number of rotatable bonds is 5. The van der Waals surface area contributed by atoms with E-state index < -0.39 is 0 Å². The van der Waals surface area contributed by atoms with Crippen LogP contribution in [0.4, 0.5) is 5.82 Å². The molecule has 5 N–H and O–H groups in total. The Kier molecular flexibility index (Phi) is 5.21. The molecule has 3 aromatic rings. The van der Waals surface area contributed by atoms with E-state index in [4.69, 9.17) is 5.73 Å². The largest absolute Gasteiger partial charge is 0.383 e. The van der Waals surface area contributed by atoms with Crippen molar-refractivity contribution in [1.82, 2.24) is 30.5 Å². The van der Waals surface area contributed by atoms with Crippen LogP contribution in [0.2, 0.25) is 0 Å². The molecule has 2 aliphatic rings. The third-order valence-corrected chi connectivity index (χ3v) is 5.97. The van der Waals surface area contributed by atoms with Gasteiger partial charge in [-0.15, -0.1) is 0 Å². The van der Waals surface area contributed by atoms with E-state index in [9.17, 15) is 9.59 Å². The maximum atomic E-state index is 12.7. The summed E-state index contributed by atoms with van der Waals surface area (Å²) in [4.78, 5) is 33.2. The number of amides is 2. The number of nitrogens with zero attached hydrogens (tertiary/aromatic N) is 3. The van der Waals surface area contributed by atoms with Gasteiger partial charge in [-0.25, -0.2) is 9.97 Å². The van der Waals surface area contributed by atoms with Crippen LogP contribution in [0.5, 0.6) is 0 Å². The minimum atomic E-state index is -0.296. The van der Waals surface area contributed by atoms with E-state index >= 15 is 0 Å². The van der Waals surface area contributed by atoms with Crippen molar-refractivity contribution in [3.05, 3.63) is 85.5 Å². The van der Waals surface area contributed by atoms with Crippen LogP contribution < -0.4 is 21.7 Å². The third kappa shape index (κ3) is 3.53. The molecule has 170 valence electrons. The first-order chi connectivity index (χ1) is 16.5. The molecule has 0 fully saturated rings. The fourth-order valence-corrected chi connectivity index (χ4v) is 4.36. The molecule has 1 unspecified atom stereocenters. The number of hydrogen-bond donors (Lipinski definition) is 4. The van der Waals surface area contributed by atoms with Crippen LogP contribution in [0.15, 0.2) is 74.3 Å². The van der Waals surface area contributed by atoms with Gasteiger partial charge in [-0.3, -0.25) is 9.59 Å². The van der Waals surface area contributed by atoms with Gasteiger partial charge in [-0.2, -0.15) is 0 Å². The molecule has 0 saturated heterocycles. The third-order valence-electron chi connectivity index (χ3n) is 5.97. The highest BCUT2D eigenvalue weighted by atomic mass is 16.2. The second-order valence-corrected chi connectivity index (χ2v) is 8.02. The number of carbonyl (C=O) groups is 2. The van der Waals surface area contributed by atoms with Crippen molar-refractivity contribution in [1.29, 1.82) is 0 Å². The molecule has 0 spiro atoms. The van der Waals surface area contributed by atoms with Crippen molar-refractivity contribution < 1.29 is 9.59 Å². The molecule has 0 saturated carbocycles. The van der Waals surface area contributed by atoms with Gasteiger partial charge in [-0.1, -0.05) is 31.4 Å². The molecule has 1 aromatic carbocycles. The number of benzene rings is 1. The van der Waals surface area contributed by atoms with Crippen molar-refractivity contribution in [2.24, 2.45) is 0 Å². The number of allylic oxidation sites excluding steroid dienone is 2. The summed E-state index contributed by atoms with van der Waals surface area (Å²) in [6, 6.07) is 6.96. The highest BCUT2D eigenvalue weighted by Crippen LogP contribution is 2.43. The maximum absolute atomic E-state index is 12.7. The van der Waals surface area contributed by atoms with Crippen molar-refractivity contribution >= 4 is 34.2 Å². The van der Waals surface area contributed by atoms with Gasteiger partial charge in [0, 0.05) is 17.7 Å². The molecule has 5 rings (SSSR count). The molecule has 0 bridgehead atoms. The summed E-state index contributed by atoms with van der Waals surface area (Å²) < 4.78 is 1.99. The number of nitrogens with two attached hydrogens (primary N) is 1. The van der Waals surface area contributed by atoms with Gasteiger partial charge < -0.3 is 26.3 Å². The minimum absolute atomic E-state index is 0.199. The molecule has 2 atom stereocenters. The summed E-state index contributed by atoms with van der Waals surface area (Å²) >= 11 is 0. The fourth-order valence-electron chi connectivity index (χ4n) is 4.36. The maximum Gasteiger partial charge on any atom is 0.253 e. The standard InChI is InChI=1S/C25H23N7O2/c1-3-19(33)30-17-12-32-22(14(17)2)20(21-23(26)28-13-29-24(21)32)15-7-9-16(10-8-15)25(34)31-18-6-4-5-11-27-18/h3-11,13,17-18,27H,1-2,12H2,(H,30,33)(H,31,34)(H2,26,28,29)/t17-,18?/m0/s1. The second-order valence-electron chi connectivity index (χ2n) is 8.02. The zero-order chi connectivity index (χ0) is 23.8. The topological polar surface area (TPSA) is 127 Å². The molecule has 34 heavy (non-hydrogen) atoms. The Morgan fingerprint density at radius 2 is 1.97 bits per heavy atom. The highest BCUT2D eigenvalue weighted by molar-refractivity contribution is 6.07. The highest BCUT2D eigenvalue weighted by Gasteiger charge is 2.34. The van der Waals surface area contributed by atoms with Crippen LogP contribution >= 0.6 is 0 Å². The van der Waals surface area contributed by atoms with E-state index in [1.165, 1.54) is 12.4 Å². The van der Waals surface area contributed by atoms with Gasteiger partial charge in [0.2, 0.25) is 5.91 Å². The second kappa shape index (κ2) is 8.36. The molecule has 2 amide bonds. The number of fused-ring (bicyclic) bond motifs is 3. The number of nitrogen functional groups attached to an aromatic ring is 1. The Hall–Kier alpha value is -4.66. The lowest BCUT2D eigenvalue weighted by Crippen LogP contribution is -2.42. The molecule has 2 aliphatic heterocycles. The van der Waals surface area contributed by atoms with Gasteiger partial charge in [0.25, 0.3) is 5.91 Å². The summed E-state index contributed by atoms with van der Waals surface area (Å²) in [6.07, 6.45) is 9.75. The minimum Gasteiger partial charge on any atom is -0.383 e. The Morgan fingerprint density at radius 3 is 2.68 bits per heavy atom. The zero-order valence-corrected chi connectivity index (χ0v) is 18.3. The average molecular weight is 454 g/mol. The van der Waals surface area contributed by atoms with Crippen molar-refractivity contribution in [2.45, 2.75) is 18.8 Å². The summed E-state index contributed by atoms with van der Waals surface area (Å²) in [7, 11) is 0. The van der Waals surface area contributed by atoms with Crippen LogP contribution in [0.3, 0.4) is 0 Å². The Balaban J connectivity index is 1.52. The molecular formula is C25H23N7O2. The number of carbonyl (C=O) groups excluding carboxylic acids is 2. The summed E-state index contributed by atoms with van der Waals surface area (Å²) in [5.41, 5.74) is 10.7. The first kappa shape index (κ1) is 21.2. The van der Waals surface area contributed by atoms with Gasteiger partial charge in [0.05, 0.1) is 17.1 Å². The van der Waals surface area contributed by atoms with E-state index in [1.807, 2.05) is 34.9 Å². The normalized spacial score (nSPS) is 18.4. The fraction of sp³-hybridized carbons (Fsp3) is 0.120. The lowest BCUT2D eigenvalue weighted by molar-refractivity contribution is -0.116. The van der Waals surface area contributed by atoms with E-state index in [2.05, 4.69) is 39.1 Å². The number of anilines is 1. The molecule has 0 aliphatic carbocycles. The van der Waals surface area contributed by atoms with E-state index in [1.54, 1.807) is 18.3 Å². The van der Waals surface area contributed by atoms with E-state index in [0.29, 0.717) is 29.0 Å². The van der Waals surface area contributed by atoms with Crippen LogP contribution in [-0.2, 0) is 11.3 Å². The quantitative estimate of drug-likeness (QED) is 0.438. The smallest absolute Gasteiger partial charge is 0.253 e. The summed E-state index contributed by atoms with van der Waals surface area (Å²) in [6.45, 7) is 8.24. The van der Waals surface area contributed by atoms with Crippen molar-refractivity contribution in [3.8, 4) is 11.1 Å². The van der Waals surface area contributed by atoms with E-state index in [-0.39, 0.29) is 24.0 Å². The first-order valence-corrected chi connectivity index (χ1v) is 10.7. The summed E-state index contributed by atoms with van der Waals surface area (Å²) in [5.74, 6) is -0.119. The molecular weight excluding hydrogens is 430 g/mol. The van der Waals surface area contributed by atoms with Crippen LogP contribution in [-0.4, -0.2) is 38.6 Å². The Bertz CT molecular complexity index is 1400. The Morgan fingerprint density at radius 1 is 1.18 bits per heavy atom. The first-order valence-electron chi connectivity index (χ1n) is 10.7. The van der Waals surface area contributed by atoms with Crippen LogP contribution in [0, 0.1) is 0 Å². The lowest BCUT2D eigenvalue weighted by Gasteiger charge is -2.17. The van der Waals surface area contributed by atoms with Crippen molar-refractivity contribution in [3.63, 3.8) is 0 Å². The van der Waals surface area contributed by atoms with E-state index in [0.717, 1.165) is 22.4 Å².